The van der Waals surface area contributed by atoms with E-state index in [9.17, 15) is 8.76 Å². The number of benzene rings is 2. The van der Waals surface area contributed by atoms with E-state index in [0.29, 0.717) is 10.7 Å². The third kappa shape index (κ3) is 5.06. The van der Waals surface area contributed by atoms with Gasteiger partial charge in [0.15, 0.2) is 0 Å². The molecule has 0 amide bonds. The molecule has 135 valence electrons. The van der Waals surface area contributed by atoms with Crippen LogP contribution in [-0.2, 0) is 25.4 Å². The zero-order valence-electron chi connectivity index (χ0n) is 15.6. The summed E-state index contributed by atoms with van der Waals surface area (Å²) in [6.07, 6.45) is 0. The van der Waals surface area contributed by atoms with E-state index < -0.39 is 10.0 Å². The fourth-order valence-corrected chi connectivity index (χ4v) is 3.42. The highest BCUT2D eigenvalue weighted by atomic mass is 35.5. The molecular weight excluding hydrogens is 354 g/mol. The van der Waals surface area contributed by atoms with Crippen LogP contribution in [0.4, 0.5) is 5.69 Å². The topological polar surface area (TPSA) is 49.3 Å². The van der Waals surface area contributed by atoms with Gasteiger partial charge in [-0.3, -0.25) is 0 Å². The van der Waals surface area contributed by atoms with Crippen LogP contribution < -0.4 is 0 Å². The van der Waals surface area contributed by atoms with Gasteiger partial charge in [0.2, 0.25) is 10.0 Å². The summed E-state index contributed by atoms with van der Waals surface area (Å²) in [6.45, 7) is 12.6. The van der Waals surface area contributed by atoms with E-state index in [1.54, 1.807) is 12.1 Å². The summed E-state index contributed by atoms with van der Waals surface area (Å²) in [5.41, 5.74) is 2.37. The molecular formula is C20H25ClNO2S. The summed E-state index contributed by atoms with van der Waals surface area (Å²) in [7, 11) is -3.79. The van der Waals surface area contributed by atoms with Gasteiger partial charge >= 0.3 is 0 Å². The Morgan fingerprint density at radius 2 is 1.28 bits per heavy atom. The summed E-state index contributed by atoms with van der Waals surface area (Å²) < 4.78 is 29.3. The van der Waals surface area contributed by atoms with Crippen LogP contribution >= 0.6 is 11.6 Å². The van der Waals surface area contributed by atoms with Crippen molar-refractivity contribution in [2.24, 2.45) is 4.36 Å². The summed E-state index contributed by atoms with van der Waals surface area (Å²) in [4.78, 5) is 0.135. The van der Waals surface area contributed by atoms with Gasteiger partial charge in [0.05, 0.1) is 10.6 Å². The van der Waals surface area contributed by atoms with E-state index >= 15 is 0 Å². The Labute approximate surface area is 156 Å². The molecule has 0 heterocycles. The zero-order chi connectivity index (χ0) is 19.0. The second-order valence-electron chi connectivity index (χ2n) is 8.29. The van der Waals surface area contributed by atoms with Gasteiger partial charge in [0.25, 0.3) is 0 Å². The molecule has 0 aromatic heterocycles. The Kier molecular flexibility index (Phi) is 5.39. The predicted octanol–water partition coefficient (Wildman–Crippen LogP) is 6.44. The van der Waals surface area contributed by atoms with E-state index in [2.05, 4.69) is 52.0 Å². The molecule has 0 aliphatic carbocycles. The van der Waals surface area contributed by atoms with Gasteiger partial charge in [-0.25, -0.2) is 4.21 Å². The highest BCUT2D eigenvalue weighted by Gasteiger charge is 2.21. The molecule has 2 aromatic rings. The van der Waals surface area contributed by atoms with E-state index in [1.807, 2.05) is 12.1 Å². The second kappa shape index (κ2) is 6.75. The number of halogens is 1. The minimum absolute atomic E-state index is 0.102. The minimum atomic E-state index is -3.79. The molecule has 1 radical (unpaired) electrons. The summed E-state index contributed by atoms with van der Waals surface area (Å²) >= 11 is 5.84. The zero-order valence-corrected chi connectivity index (χ0v) is 17.2. The van der Waals surface area contributed by atoms with Crippen LogP contribution in [0.15, 0.2) is 51.7 Å². The van der Waals surface area contributed by atoms with Gasteiger partial charge in [0, 0.05) is 5.02 Å². The normalized spacial score (nSPS) is 14.9. The van der Waals surface area contributed by atoms with Crippen LogP contribution in [0.1, 0.15) is 52.7 Å². The van der Waals surface area contributed by atoms with Crippen molar-refractivity contribution in [2.75, 3.05) is 0 Å². The lowest BCUT2D eigenvalue weighted by molar-refractivity contribution is 0.462. The van der Waals surface area contributed by atoms with Crippen molar-refractivity contribution in [1.29, 1.82) is 0 Å². The van der Waals surface area contributed by atoms with Crippen LogP contribution in [0.25, 0.3) is 0 Å². The Morgan fingerprint density at radius 1 is 0.840 bits per heavy atom. The number of hydrogen-bond acceptors (Lipinski definition) is 2. The van der Waals surface area contributed by atoms with Gasteiger partial charge in [-0.15, -0.1) is 4.55 Å². The Morgan fingerprint density at radius 3 is 1.68 bits per heavy atom. The molecule has 5 heteroatoms. The first-order chi connectivity index (χ1) is 11.3. The van der Waals surface area contributed by atoms with Gasteiger partial charge in [0.1, 0.15) is 0 Å². The highest BCUT2D eigenvalue weighted by molar-refractivity contribution is 7.88. The van der Waals surface area contributed by atoms with Gasteiger partial charge < -0.3 is 0 Å². The largest absolute Gasteiger partial charge is 0.227 e. The molecule has 0 saturated heterocycles. The smallest absolute Gasteiger partial charge is 0.213 e. The first-order valence-corrected chi connectivity index (χ1v) is 10.0. The van der Waals surface area contributed by atoms with E-state index in [4.69, 9.17) is 11.6 Å². The molecule has 3 nitrogen and oxygen atoms in total. The van der Waals surface area contributed by atoms with Crippen LogP contribution in [0.2, 0.25) is 5.02 Å². The number of hydrogen-bond donors (Lipinski definition) is 0. The van der Waals surface area contributed by atoms with Crippen LogP contribution in [-0.4, -0.2) is 4.21 Å². The fourth-order valence-electron chi connectivity index (χ4n) is 2.33. The van der Waals surface area contributed by atoms with Gasteiger partial charge in [-0.2, -0.15) is 4.36 Å². The first kappa shape index (κ1) is 20.0. The molecule has 0 saturated carbocycles. The van der Waals surface area contributed by atoms with Crippen molar-refractivity contribution in [3.63, 3.8) is 0 Å². The Balaban J connectivity index is 2.65. The number of rotatable bonds is 2. The maximum Gasteiger partial charge on any atom is 0.227 e. The summed E-state index contributed by atoms with van der Waals surface area (Å²) in [5, 5.41) is 0.490. The number of nitrogens with zero attached hydrogens (tertiary/aromatic N) is 1. The standard InChI is InChI=1S/C20H25ClNO2S/c1-19(2,3)14-11-15(20(4,5)6)13-17(12-14)22-25(23,24)18-9-7-16(21)8-10-18/h7-13H,1-6H3. The molecule has 0 N–H and O–H groups in total. The molecule has 0 fully saturated rings. The molecule has 0 aliphatic heterocycles. The van der Waals surface area contributed by atoms with Crippen LogP contribution in [0.3, 0.4) is 0 Å². The van der Waals surface area contributed by atoms with E-state index in [-0.39, 0.29) is 15.7 Å². The monoisotopic (exact) mass is 378 g/mol. The molecule has 25 heavy (non-hydrogen) atoms. The third-order valence-corrected chi connectivity index (χ3v) is 5.56. The summed E-state index contributed by atoms with van der Waals surface area (Å²) in [6, 6.07) is 11.9. The van der Waals surface area contributed by atoms with E-state index in [0.717, 1.165) is 11.1 Å². The Bertz CT molecular complexity index is 849. The lowest BCUT2D eigenvalue weighted by Gasteiger charge is -2.25. The molecule has 0 bridgehead atoms. The lowest BCUT2D eigenvalue weighted by atomic mass is 9.80. The third-order valence-electron chi connectivity index (χ3n) is 3.99. The molecule has 2 aromatic carbocycles. The Hall–Kier alpha value is -1.36. The van der Waals surface area contributed by atoms with Crippen molar-refractivity contribution < 1.29 is 8.76 Å². The van der Waals surface area contributed by atoms with Crippen LogP contribution in [0.5, 0.6) is 0 Å². The first-order valence-electron chi connectivity index (χ1n) is 8.19. The van der Waals surface area contributed by atoms with Crippen LogP contribution in [0, 0.1) is 0 Å². The van der Waals surface area contributed by atoms with Crippen molar-refractivity contribution >= 4 is 27.3 Å². The highest BCUT2D eigenvalue weighted by Crippen LogP contribution is 2.34. The van der Waals surface area contributed by atoms with Crippen molar-refractivity contribution in [3.05, 3.63) is 58.6 Å². The van der Waals surface area contributed by atoms with Crippen molar-refractivity contribution in [1.82, 2.24) is 0 Å². The maximum absolute atomic E-state index is 12.6. The second-order valence-corrected chi connectivity index (χ2v) is 10.3. The van der Waals surface area contributed by atoms with Crippen molar-refractivity contribution in [2.45, 2.75) is 57.3 Å². The lowest BCUT2D eigenvalue weighted by Crippen LogP contribution is -2.16. The van der Waals surface area contributed by atoms with Crippen molar-refractivity contribution in [3.8, 4) is 0 Å². The molecule has 2 rings (SSSR count). The average Bonchev–Trinajstić information content (AvgIpc) is 2.45. The van der Waals surface area contributed by atoms with Gasteiger partial charge in [-0.05, 0) is 58.4 Å². The summed E-state index contributed by atoms with van der Waals surface area (Å²) in [5.74, 6) is 0. The molecule has 0 aliphatic rings. The van der Waals surface area contributed by atoms with E-state index in [1.165, 1.54) is 12.1 Å². The molecule has 1 unspecified atom stereocenters. The fraction of sp³-hybridized carbons (Fsp3) is 0.400. The SMILES string of the molecule is CC(C)(C)c1cc(N=S([O])(=O)c2ccc(Cl)cc2)cc(C(C)(C)C)c1. The average molecular weight is 379 g/mol. The molecule has 0 spiro atoms. The minimum Gasteiger partial charge on any atom is -0.213 e. The molecule has 1 atom stereocenters. The predicted molar refractivity (Wildman–Crippen MR) is 104 cm³/mol. The quantitative estimate of drug-likeness (QED) is 0.593. The van der Waals surface area contributed by atoms with Gasteiger partial charge in [-0.1, -0.05) is 59.2 Å². The maximum atomic E-state index is 12.6.